The highest BCUT2D eigenvalue weighted by atomic mass is 32.2. The highest BCUT2D eigenvalue weighted by Crippen LogP contribution is 2.15. The zero-order valence-electron chi connectivity index (χ0n) is 30.9. The van der Waals surface area contributed by atoms with Gasteiger partial charge in [-0.25, -0.2) is 9.59 Å². The third-order valence-corrected chi connectivity index (χ3v) is 4.28. The van der Waals surface area contributed by atoms with Crippen LogP contribution >= 0.6 is 23.5 Å². The van der Waals surface area contributed by atoms with Gasteiger partial charge in [0.05, 0.1) is 0 Å². The number of ether oxygens (including phenoxy) is 5. The Morgan fingerprint density at radius 3 is 1.57 bits per heavy atom. The van der Waals surface area contributed by atoms with E-state index in [4.69, 9.17) is 23.7 Å². The Labute approximate surface area is 291 Å². The van der Waals surface area contributed by atoms with Gasteiger partial charge in [-0.1, -0.05) is 37.3 Å². The second-order valence-electron chi connectivity index (χ2n) is 12.8. The predicted molar refractivity (Wildman–Crippen MR) is 190 cm³/mol. The zero-order valence-corrected chi connectivity index (χ0v) is 32.5. The summed E-state index contributed by atoms with van der Waals surface area (Å²) in [6.07, 6.45) is 5.99. The van der Waals surface area contributed by atoms with Crippen molar-refractivity contribution in [2.45, 2.75) is 118 Å². The van der Waals surface area contributed by atoms with Crippen LogP contribution in [-0.2, 0) is 49.5 Å². The van der Waals surface area contributed by atoms with E-state index in [1.807, 2.05) is 55.4 Å². The lowest BCUT2D eigenvalue weighted by atomic mass is 10.1. The molecule has 13 heteroatoms. The Kier molecular flexibility index (Phi) is 26.9. The lowest BCUT2D eigenvalue weighted by Gasteiger charge is -2.24. The summed E-state index contributed by atoms with van der Waals surface area (Å²) >= 11 is 3.50. The standard InChI is InChI=1S/C20H35NO8.C10H12O2.2C2H6S/c1-18(2,3)27-14(22)11-10-13(16(24)29-20(7,8)9)26-17(25)21-12-15(23)28-19(4,5)6;1-2-10(11)12-8-9-6-4-3-5-7-9;2*1-3-2/h13H,10-12H2,1-9H3,(H,21,25);3-7H,2,8H2,1H3;2*1-2H3. The molecule has 47 heavy (non-hydrogen) atoms. The van der Waals surface area contributed by atoms with E-state index in [1.54, 1.807) is 92.8 Å². The van der Waals surface area contributed by atoms with E-state index < -0.39 is 53.5 Å². The number of carbonyl (C=O) groups is 5. The van der Waals surface area contributed by atoms with Gasteiger partial charge in [0.2, 0.25) is 6.10 Å². The van der Waals surface area contributed by atoms with Crippen molar-refractivity contribution in [3.63, 3.8) is 0 Å². The van der Waals surface area contributed by atoms with Crippen LogP contribution in [0.2, 0.25) is 0 Å². The van der Waals surface area contributed by atoms with Crippen LogP contribution in [0.25, 0.3) is 0 Å². The van der Waals surface area contributed by atoms with E-state index >= 15 is 0 Å². The third kappa shape index (κ3) is 35.8. The predicted octanol–water partition coefficient (Wildman–Crippen LogP) is 6.98. The monoisotopic (exact) mass is 705 g/mol. The average molecular weight is 706 g/mol. The first-order valence-corrected chi connectivity index (χ1v) is 18.4. The summed E-state index contributed by atoms with van der Waals surface area (Å²) < 4.78 is 25.5. The summed E-state index contributed by atoms with van der Waals surface area (Å²) in [4.78, 5) is 58.7. The van der Waals surface area contributed by atoms with Gasteiger partial charge >= 0.3 is 30.0 Å². The minimum atomic E-state index is -1.33. The molecule has 0 bridgehead atoms. The number of nitrogens with one attached hydrogen (secondary N) is 1. The van der Waals surface area contributed by atoms with Crippen molar-refractivity contribution in [1.29, 1.82) is 0 Å². The lowest BCUT2D eigenvalue weighted by Crippen LogP contribution is -2.40. The van der Waals surface area contributed by atoms with Crippen molar-refractivity contribution in [3.8, 4) is 0 Å². The molecule has 1 N–H and O–H groups in total. The summed E-state index contributed by atoms with van der Waals surface area (Å²) in [5.74, 6) is -2.15. The molecular weight excluding hydrogens is 647 g/mol. The molecule has 1 unspecified atom stereocenters. The third-order valence-electron chi connectivity index (χ3n) is 4.28. The fourth-order valence-electron chi connectivity index (χ4n) is 2.77. The fraction of sp³-hybridized carbons (Fsp3) is 0.676. The summed E-state index contributed by atoms with van der Waals surface area (Å²) in [7, 11) is 0. The molecule has 0 aliphatic rings. The van der Waals surface area contributed by atoms with Crippen molar-refractivity contribution >= 4 is 53.5 Å². The topological polar surface area (TPSA) is 144 Å². The largest absolute Gasteiger partial charge is 0.461 e. The van der Waals surface area contributed by atoms with Crippen molar-refractivity contribution < 1.29 is 47.7 Å². The van der Waals surface area contributed by atoms with Crippen LogP contribution in [0.3, 0.4) is 0 Å². The van der Waals surface area contributed by atoms with E-state index in [0.717, 1.165) is 5.56 Å². The maximum atomic E-state index is 12.3. The van der Waals surface area contributed by atoms with E-state index in [2.05, 4.69) is 5.32 Å². The van der Waals surface area contributed by atoms with E-state index in [1.165, 1.54) is 0 Å². The van der Waals surface area contributed by atoms with Crippen molar-refractivity contribution in [2.75, 3.05) is 31.6 Å². The van der Waals surface area contributed by atoms with Crippen LogP contribution < -0.4 is 5.32 Å². The zero-order chi connectivity index (χ0) is 37.3. The first-order valence-electron chi connectivity index (χ1n) is 15.1. The first kappa shape index (κ1) is 48.5. The van der Waals surface area contributed by atoms with Gasteiger partial charge in [-0.3, -0.25) is 14.4 Å². The van der Waals surface area contributed by atoms with Crippen molar-refractivity contribution in [3.05, 3.63) is 35.9 Å². The number of alkyl carbamates (subject to hydrolysis) is 1. The highest BCUT2D eigenvalue weighted by Gasteiger charge is 2.30. The molecule has 0 aliphatic heterocycles. The minimum Gasteiger partial charge on any atom is -0.461 e. The molecular formula is C34H59NO10S2. The SMILES string of the molecule is CC(C)(C)OC(=O)CCC(OC(=O)NCC(=O)OC(C)(C)C)C(=O)OC(C)(C)C.CCC(=O)OCc1ccccc1.CSC.CSC. The Morgan fingerprint density at radius 2 is 1.15 bits per heavy atom. The maximum absolute atomic E-state index is 12.3. The quantitative estimate of drug-likeness (QED) is 0.198. The molecule has 0 spiro atoms. The maximum Gasteiger partial charge on any atom is 0.408 e. The molecule has 11 nitrogen and oxygen atoms in total. The van der Waals surface area contributed by atoms with E-state index in [0.29, 0.717) is 13.0 Å². The summed E-state index contributed by atoms with van der Waals surface area (Å²) in [6.45, 7) is 17.0. The normalized spacial score (nSPS) is 11.3. The molecule has 1 atom stereocenters. The Hall–Kier alpha value is -2.93. The second-order valence-corrected chi connectivity index (χ2v) is 14.4. The number of amides is 1. The molecule has 0 saturated heterocycles. The highest BCUT2D eigenvalue weighted by molar-refractivity contribution is 7.98. The number of benzene rings is 1. The number of hydrogen-bond donors (Lipinski definition) is 1. The van der Waals surface area contributed by atoms with Crippen molar-refractivity contribution in [2.24, 2.45) is 0 Å². The van der Waals surface area contributed by atoms with Gasteiger partial charge in [-0.15, -0.1) is 0 Å². The number of rotatable bonds is 10. The van der Waals surface area contributed by atoms with Crippen LogP contribution in [0.5, 0.6) is 0 Å². The molecule has 0 heterocycles. The van der Waals surface area contributed by atoms with Crippen LogP contribution in [0.1, 0.15) is 94.1 Å². The Balaban J connectivity index is -0.000000875. The molecule has 0 saturated carbocycles. The van der Waals surface area contributed by atoms with E-state index in [9.17, 15) is 24.0 Å². The lowest BCUT2D eigenvalue weighted by molar-refractivity contribution is -0.166. The van der Waals surface area contributed by atoms with E-state index in [-0.39, 0.29) is 18.8 Å². The van der Waals surface area contributed by atoms with Gasteiger partial charge in [0.1, 0.15) is 30.0 Å². The van der Waals surface area contributed by atoms with Crippen LogP contribution in [0.15, 0.2) is 30.3 Å². The number of thioether (sulfide) groups is 2. The molecule has 0 fully saturated rings. The molecule has 1 aromatic rings. The number of esters is 4. The summed E-state index contributed by atoms with van der Waals surface area (Å²) in [5.41, 5.74) is -1.16. The number of carbonyl (C=O) groups excluding carboxylic acids is 5. The molecule has 1 aromatic carbocycles. The van der Waals surface area contributed by atoms with Gasteiger partial charge in [-0.05, 0) is 92.9 Å². The number of hydrogen-bond acceptors (Lipinski definition) is 12. The van der Waals surface area contributed by atoms with Gasteiger partial charge in [-0.2, -0.15) is 23.5 Å². The molecule has 1 amide bonds. The van der Waals surface area contributed by atoms with Crippen molar-refractivity contribution in [1.82, 2.24) is 5.32 Å². The minimum absolute atomic E-state index is 0.121. The fourth-order valence-corrected chi connectivity index (χ4v) is 2.77. The molecule has 272 valence electrons. The molecule has 0 aliphatic carbocycles. The van der Waals surface area contributed by atoms with Gasteiger partial charge in [0.15, 0.2) is 0 Å². The molecule has 0 radical (unpaired) electrons. The Bertz CT molecular complexity index is 1030. The van der Waals surface area contributed by atoms with Gasteiger partial charge < -0.3 is 29.0 Å². The molecule has 0 aromatic heterocycles. The second kappa shape index (κ2) is 26.1. The summed E-state index contributed by atoms with van der Waals surface area (Å²) in [6, 6.07) is 9.65. The van der Waals surface area contributed by atoms with Crippen LogP contribution in [0.4, 0.5) is 4.79 Å². The Morgan fingerprint density at radius 1 is 0.702 bits per heavy atom. The van der Waals surface area contributed by atoms with Gasteiger partial charge in [0, 0.05) is 19.3 Å². The van der Waals surface area contributed by atoms with Crippen LogP contribution in [-0.4, -0.2) is 84.4 Å². The summed E-state index contributed by atoms with van der Waals surface area (Å²) in [5, 5.41) is 2.22. The van der Waals surface area contributed by atoms with Gasteiger partial charge in [0.25, 0.3) is 0 Å². The average Bonchev–Trinajstić information content (AvgIpc) is 2.92. The first-order chi connectivity index (χ1) is 21.5. The molecule has 1 rings (SSSR count). The van der Waals surface area contributed by atoms with Crippen LogP contribution in [0, 0.1) is 0 Å². The smallest absolute Gasteiger partial charge is 0.408 e.